The van der Waals surface area contributed by atoms with Gasteiger partial charge in [-0.2, -0.15) is 0 Å². The minimum atomic E-state index is 0. The van der Waals surface area contributed by atoms with Crippen LogP contribution >= 0.6 is 0 Å². The van der Waals surface area contributed by atoms with E-state index >= 15 is 0 Å². The molecule has 7 heavy (non-hydrogen) atoms. The smallest absolute Gasteiger partial charge is 0.0817 e. The molecule has 1 N–H and O–H groups in total. The SMILES string of the molecule is N=CN1CCCC1.[HH]. The summed E-state index contributed by atoms with van der Waals surface area (Å²) in [4.78, 5) is 2.03. The van der Waals surface area contributed by atoms with E-state index in [1.54, 1.807) is 0 Å². The van der Waals surface area contributed by atoms with Crippen LogP contribution in [-0.4, -0.2) is 24.3 Å². The maximum atomic E-state index is 6.80. The van der Waals surface area contributed by atoms with E-state index in [-0.39, 0.29) is 1.43 Å². The van der Waals surface area contributed by atoms with Crippen molar-refractivity contribution in [2.45, 2.75) is 12.8 Å². The zero-order valence-corrected chi connectivity index (χ0v) is 4.35. The topological polar surface area (TPSA) is 27.1 Å². The van der Waals surface area contributed by atoms with Gasteiger partial charge in [0.15, 0.2) is 0 Å². The Morgan fingerprint density at radius 1 is 1.43 bits per heavy atom. The summed E-state index contributed by atoms with van der Waals surface area (Å²) in [6.45, 7) is 2.20. The van der Waals surface area contributed by atoms with Gasteiger partial charge in [0, 0.05) is 14.5 Å². The first-order valence-corrected chi connectivity index (χ1v) is 2.68. The van der Waals surface area contributed by atoms with Crippen molar-refractivity contribution in [3.63, 3.8) is 0 Å². The van der Waals surface area contributed by atoms with Gasteiger partial charge in [-0.15, -0.1) is 0 Å². The molecule has 0 aliphatic carbocycles. The Hall–Kier alpha value is -0.530. The monoisotopic (exact) mass is 100 g/mol. The fraction of sp³-hybridized carbons (Fsp3) is 0.800. The van der Waals surface area contributed by atoms with Crippen LogP contribution in [0.2, 0.25) is 0 Å². The van der Waals surface area contributed by atoms with Crippen molar-refractivity contribution in [2.24, 2.45) is 0 Å². The lowest BCUT2D eigenvalue weighted by atomic mass is 10.4. The number of likely N-dealkylation sites (tertiary alicyclic amines) is 1. The van der Waals surface area contributed by atoms with Crippen molar-refractivity contribution in [1.29, 1.82) is 5.41 Å². The van der Waals surface area contributed by atoms with Crippen LogP contribution in [0.15, 0.2) is 0 Å². The van der Waals surface area contributed by atoms with Gasteiger partial charge in [-0.1, -0.05) is 0 Å². The highest BCUT2D eigenvalue weighted by Gasteiger charge is 2.04. The number of nitrogens with one attached hydrogen (secondary N) is 1. The maximum Gasteiger partial charge on any atom is 0.0817 e. The molecule has 1 rings (SSSR count). The van der Waals surface area contributed by atoms with Gasteiger partial charge in [0.25, 0.3) is 0 Å². The summed E-state index contributed by atoms with van der Waals surface area (Å²) in [5.74, 6) is 0. The van der Waals surface area contributed by atoms with Crippen LogP contribution in [0.4, 0.5) is 0 Å². The summed E-state index contributed by atoms with van der Waals surface area (Å²) in [6.07, 6.45) is 3.97. The second-order valence-corrected chi connectivity index (χ2v) is 1.87. The lowest BCUT2D eigenvalue weighted by Gasteiger charge is -2.05. The fourth-order valence-corrected chi connectivity index (χ4v) is 0.871. The standard InChI is InChI=1S/C5H10N2.H2/c6-5-7-3-1-2-4-7;/h5-6H,1-4H2;1H. The molecule has 1 saturated heterocycles. The molecule has 0 saturated carbocycles. The molecule has 0 amide bonds. The van der Waals surface area contributed by atoms with Crippen molar-refractivity contribution in [2.75, 3.05) is 13.1 Å². The molecular formula is C5H12N2. The second kappa shape index (κ2) is 1.96. The van der Waals surface area contributed by atoms with E-state index in [0.717, 1.165) is 13.1 Å². The Kier molecular flexibility index (Phi) is 1.29. The van der Waals surface area contributed by atoms with Crippen molar-refractivity contribution >= 4 is 6.34 Å². The highest BCUT2D eigenvalue weighted by Crippen LogP contribution is 2.02. The average Bonchev–Trinajstić information content (AvgIpc) is 2.14. The summed E-state index contributed by atoms with van der Waals surface area (Å²) in [5, 5.41) is 6.80. The molecule has 0 radical (unpaired) electrons. The van der Waals surface area contributed by atoms with Gasteiger partial charge in [-0.3, -0.25) is 5.41 Å². The third-order valence-electron chi connectivity index (χ3n) is 1.32. The minimum Gasteiger partial charge on any atom is -0.363 e. The summed E-state index contributed by atoms with van der Waals surface area (Å²) >= 11 is 0. The van der Waals surface area contributed by atoms with E-state index < -0.39 is 0 Å². The summed E-state index contributed by atoms with van der Waals surface area (Å²) in [5.41, 5.74) is 0. The summed E-state index contributed by atoms with van der Waals surface area (Å²) in [7, 11) is 0. The highest BCUT2D eigenvalue weighted by molar-refractivity contribution is 5.50. The number of rotatable bonds is 1. The molecule has 0 bridgehead atoms. The van der Waals surface area contributed by atoms with E-state index in [9.17, 15) is 0 Å². The van der Waals surface area contributed by atoms with Crippen molar-refractivity contribution in [1.82, 2.24) is 4.90 Å². The first kappa shape index (κ1) is 4.62. The summed E-state index contributed by atoms with van der Waals surface area (Å²) in [6, 6.07) is 0. The van der Waals surface area contributed by atoms with Crippen LogP contribution in [0.1, 0.15) is 14.3 Å². The molecule has 0 aromatic rings. The number of hydrogen-bond acceptors (Lipinski definition) is 1. The lowest BCUT2D eigenvalue weighted by molar-refractivity contribution is 0.533. The van der Waals surface area contributed by atoms with E-state index in [1.165, 1.54) is 19.2 Å². The molecule has 1 aliphatic heterocycles. The van der Waals surface area contributed by atoms with Gasteiger partial charge in [0.2, 0.25) is 0 Å². The van der Waals surface area contributed by atoms with Crippen LogP contribution in [-0.2, 0) is 0 Å². The first-order chi connectivity index (χ1) is 3.43. The van der Waals surface area contributed by atoms with E-state index in [2.05, 4.69) is 0 Å². The molecule has 0 aromatic carbocycles. The van der Waals surface area contributed by atoms with Gasteiger partial charge in [0.05, 0.1) is 6.34 Å². The fourth-order valence-electron chi connectivity index (χ4n) is 0.871. The van der Waals surface area contributed by atoms with Crippen molar-refractivity contribution < 1.29 is 1.43 Å². The molecule has 0 unspecified atom stereocenters. The third-order valence-corrected chi connectivity index (χ3v) is 1.32. The van der Waals surface area contributed by atoms with Gasteiger partial charge in [-0.05, 0) is 12.8 Å². The van der Waals surface area contributed by atoms with E-state index in [1.807, 2.05) is 4.90 Å². The first-order valence-electron chi connectivity index (χ1n) is 2.68. The number of hydrogen-bond donors (Lipinski definition) is 1. The van der Waals surface area contributed by atoms with Crippen molar-refractivity contribution in [3.05, 3.63) is 0 Å². The second-order valence-electron chi connectivity index (χ2n) is 1.87. The largest absolute Gasteiger partial charge is 0.363 e. The lowest BCUT2D eigenvalue weighted by Crippen LogP contribution is -2.15. The summed E-state index contributed by atoms with van der Waals surface area (Å²) < 4.78 is 0. The van der Waals surface area contributed by atoms with Gasteiger partial charge in [0.1, 0.15) is 0 Å². The Labute approximate surface area is 45.1 Å². The minimum absolute atomic E-state index is 0. The molecule has 2 heteroatoms. The Morgan fingerprint density at radius 2 is 2.00 bits per heavy atom. The van der Waals surface area contributed by atoms with E-state index in [0.29, 0.717) is 0 Å². The van der Waals surface area contributed by atoms with Crippen LogP contribution in [0.5, 0.6) is 0 Å². The van der Waals surface area contributed by atoms with Gasteiger partial charge >= 0.3 is 0 Å². The predicted octanol–water partition coefficient (Wildman–Crippen LogP) is 0.935. The normalized spacial score (nSPS) is 20.3. The Morgan fingerprint density at radius 3 is 2.29 bits per heavy atom. The predicted molar refractivity (Wildman–Crippen MR) is 31.7 cm³/mol. The number of nitrogens with zero attached hydrogens (tertiary/aromatic N) is 1. The van der Waals surface area contributed by atoms with Crippen LogP contribution < -0.4 is 0 Å². The molecule has 1 aliphatic rings. The molecule has 0 spiro atoms. The maximum absolute atomic E-state index is 6.80. The average molecular weight is 100 g/mol. The van der Waals surface area contributed by atoms with Crippen LogP contribution in [0.3, 0.4) is 0 Å². The molecule has 42 valence electrons. The molecular weight excluding hydrogens is 88.1 g/mol. The molecule has 0 atom stereocenters. The van der Waals surface area contributed by atoms with Gasteiger partial charge in [-0.25, -0.2) is 0 Å². The highest BCUT2D eigenvalue weighted by atomic mass is 15.1. The quantitative estimate of drug-likeness (QED) is 0.385. The third kappa shape index (κ3) is 0.918. The van der Waals surface area contributed by atoms with Crippen molar-refractivity contribution in [3.8, 4) is 0 Å². The molecule has 2 nitrogen and oxygen atoms in total. The molecule has 0 aromatic heterocycles. The zero-order chi connectivity index (χ0) is 5.11. The zero-order valence-electron chi connectivity index (χ0n) is 4.35. The molecule has 1 heterocycles. The molecule has 1 fully saturated rings. The van der Waals surface area contributed by atoms with Crippen LogP contribution in [0, 0.1) is 5.41 Å². The van der Waals surface area contributed by atoms with Crippen LogP contribution in [0.25, 0.3) is 0 Å². The van der Waals surface area contributed by atoms with E-state index in [4.69, 9.17) is 5.41 Å². The Balaban J connectivity index is 0.000000490. The van der Waals surface area contributed by atoms with Gasteiger partial charge < -0.3 is 4.90 Å². The Bertz CT molecular complexity index is 68.8.